The molecule has 1 aromatic heterocycles. The summed E-state index contributed by atoms with van der Waals surface area (Å²) in [4.78, 5) is 11.8. The summed E-state index contributed by atoms with van der Waals surface area (Å²) < 4.78 is 10.9. The molecule has 2 N–H and O–H groups in total. The van der Waals surface area contributed by atoms with Gasteiger partial charge in [-0.05, 0) is 29.8 Å². The fourth-order valence-corrected chi connectivity index (χ4v) is 1.84. The Morgan fingerprint density at radius 2 is 1.83 bits per heavy atom. The van der Waals surface area contributed by atoms with Crippen LogP contribution < -0.4 is 15.2 Å². The van der Waals surface area contributed by atoms with Gasteiger partial charge >= 0.3 is 0 Å². The molecule has 3 rings (SSSR count). The molecule has 0 bridgehead atoms. The molecule has 1 aliphatic heterocycles. The predicted octanol–water partition coefficient (Wildman–Crippen LogP) is 1.55. The quantitative estimate of drug-likeness (QED) is 0.841. The second-order valence-electron chi connectivity index (χ2n) is 3.64. The Bertz CT molecular complexity index is 585. The van der Waals surface area contributed by atoms with Gasteiger partial charge in [-0.1, -0.05) is 0 Å². The molecule has 7 heteroatoms. The van der Waals surface area contributed by atoms with E-state index >= 15 is 0 Å². The largest absolute Gasteiger partial charge is 0.486 e. The number of aromatic nitrogens is 3. The van der Waals surface area contributed by atoms with Gasteiger partial charge in [0.15, 0.2) is 17.3 Å². The maximum absolute atomic E-state index is 5.75. The van der Waals surface area contributed by atoms with Gasteiger partial charge in [-0.2, -0.15) is 15.0 Å². The van der Waals surface area contributed by atoms with Crippen molar-refractivity contribution in [3.8, 4) is 22.9 Å². The summed E-state index contributed by atoms with van der Waals surface area (Å²) in [5.41, 5.74) is 6.28. The highest BCUT2D eigenvalue weighted by Crippen LogP contribution is 2.33. The number of rotatable bonds is 1. The highest BCUT2D eigenvalue weighted by atomic mass is 35.5. The minimum Gasteiger partial charge on any atom is -0.486 e. The number of anilines is 1. The van der Waals surface area contributed by atoms with E-state index in [4.69, 9.17) is 26.8 Å². The van der Waals surface area contributed by atoms with Crippen LogP contribution in [0.4, 0.5) is 5.95 Å². The predicted molar refractivity (Wildman–Crippen MR) is 65.7 cm³/mol. The number of halogens is 1. The Hall–Kier alpha value is -2.08. The Labute approximate surface area is 108 Å². The third-order valence-electron chi connectivity index (χ3n) is 2.43. The van der Waals surface area contributed by atoms with Crippen LogP contribution in [0.25, 0.3) is 11.4 Å². The summed E-state index contributed by atoms with van der Waals surface area (Å²) in [6, 6.07) is 5.41. The molecule has 92 valence electrons. The average molecular weight is 265 g/mol. The van der Waals surface area contributed by atoms with Crippen LogP contribution in [-0.4, -0.2) is 28.2 Å². The van der Waals surface area contributed by atoms with E-state index in [9.17, 15) is 0 Å². The lowest BCUT2D eigenvalue weighted by atomic mass is 10.2. The Morgan fingerprint density at radius 1 is 1.06 bits per heavy atom. The summed E-state index contributed by atoms with van der Waals surface area (Å²) in [6.07, 6.45) is 0. The topological polar surface area (TPSA) is 83.2 Å². The Kier molecular flexibility index (Phi) is 2.64. The average Bonchev–Trinajstić information content (AvgIpc) is 2.37. The van der Waals surface area contributed by atoms with Crippen molar-refractivity contribution in [3.05, 3.63) is 23.5 Å². The van der Waals surface area contributed by atoms with Gasteiger partial charge in [0, 0.05) is 5.56 Å². The van der Waals surface area contributed by atoms with Crippen LogP contribution in [0.5, 0.6) is 11.5 Å². The van der Waals surface area contributed by atoms with Crippen molar-refractivity contribution in [1.82, 2.24) is 15.0 Å². The second-order valence-corrected chi connectivity index (χ2v) is 3.98. The summed E-state index contributed by atoms with van der Waals surface area (Å²) in [5.74, 6) is 1.86. The molecule has 2 aromatic rings. The second kappa shape index (κ2) is 4.30. The number of ether oxygens (including phenoxy) is 2. The summed E-state index contributed by atoms with van der Waals surface area (Å²) in [7, 11) is 0. The van der Waals surface area contributed by atoms with Gasteiger partial charge in [0.05, 0.1) is 0 Å². The van der Waals surface area contributed by atoms with E-state index in [1.54, 1.807) is 12.1 Å². The zero-order valence-corrected chi connectivity index (χ0v) is 10.0. The number of benzene rings is 1. The standard InChI is InChI=1S/C11H9ClN4O2/c12-10-14-9(15-11(13)16-10)6-1-2-7-8(5-6)18-4-3-17-7/h1-2,5H,3-4H2,(H2,13,14,15,16). The molecule has 0 unspecified atom stereocenters. The fourth-order valence-electron chi connectivity index (χ4n) is 1.68. The van der Waals surface area contributed by atoms with E-state index in [2.05, 4.69) is 15.0 Å². The number of nitrogens with two attached hydrogens (primary N) is 1. The van der Waals surface area contributed by atoms with E-state index in [0.29, 0.717) is 30.5 Å². The number of nitrogen functional groups attached to an aromatic ring is 1. The van der Waals surface area contributed by atoms with Crippen LogP contribution in [0.1, 0.15) is 0 Å². The van der Waals surface area contributed by atoms with Gasteiger partial charge < -0.3 is 15.2 Å². The lowest BCUT2D eigenvalue weighted by Crippen LogP contribution is -2.15. The maximum atomic E-state index is 5.75. The summed E-state index contributed by atoms with van der Waals surface area (Å²) >= 11 is 5.75. The Balaban J connectivity index is 2.06. The molecule has 0 amide bonds. The molecule has 0 saturated heterocycles. The van der Waals surface area contributed by atoms with Crippen LogP contribution in [-0.2, 0) is 0 Å². The smallest absolute Gasteiger partial charge is 0.227 e. The van der Waals surface area contributed by atoms with Gasteiger partial charge in [-0.3, -0.25) is 0 Å². The van der Waals surface area contributed by atoms with Crippen LogP contribution in [0.3, 0.4) is 0 Å². The van der Waals surface area contributed by atoms with Crippen molar-refractivity contribution in [1.29, 1.82) is 0 Å². The van der Waals surface area contributed by atoms with Crippen molar-refractivity contribution in [2.75, 3.05) is 18.9 Å². The van der Waals surface area contributed by atoms with E-state index < -0.39 is 0 Å². The van der Waals surface area contributed by atoms with Crippen molar-refractivity contribution >= 4 is 17.5 Å². The normalized spacial score (nSPS) is 13.4. The monoisotopic (exact) mass is 264 g/mol. The van der Waals surface area contributed by atoms with Gasteiger partial charge in [0.2, 0.25) is 11.2 Å². The molecule has 1 aliphatic rings. The Morgan fingerprint density at radius 3 is 2.61 bits per heavy atom. The summed E-state index contributed by atoms with van der Waals surface area (Å²) in [6.45, 7) is 1.08. The van der Waals surface area contributed by atoms with E-state index in [1.807, 2.05) is 6.07 Å². The summed E-state index contributed by atoms with van der Waals surface area (Å²) in [5, 5.41) is 0.0624. The van der Waals surface area contributed by atoms with Gasteiger partial charge in [-0.15, -0.1) is 0 Å². The molecule has 18 heavy (non-hydrogen) atoms. The van der Waals surface area contributed by atoms with Crippen molar-refractivity contribution in [3.63, 3.8) is 0 Å². The molecule has 0 atom stereocenters. The SMILES string of the molecule is Nc1nc(Cl)nc(-c2ccc3c(c2)OCCO3)n1. The molecule has 6 nitrogen and oxygen atoms in total. The molecule has 0 radical (unpaired) electrons. The van der Waals surface area contributed by atoms with Crippen molar-refractivity contribution in [2.24, 2.45) is 0 Å². The highest BCUT2D eigenvalue weighted by molar-refractivity contribution is 6.28. The first-order valence-electron chi connectivity index (χ1n) is 5.29. The molecular weight excluding hydrogens is 256 g/mol. The number of nitrogens with zero attached hydrogens (tertiary/aromatic N) is 3. The van der Waals surface area contributed by atoms with Crippen molar-refractivity contribution in [2.45, 2.75) is 0 Å². The lowest BCUT2D eigenvalue weighted by Gasteiger charge is -2.18. The number of fused-ring (bicyclic) bond motifs is 1. The van der Waals surface area contributed by atoms with Crippen LogP contribution in [0.2, 0.25) is 5.28 Å². The maximum Gasteiger partial charge on any atom is 0.227 e. The van der Waals surface area contributed by atoms with E-state index in [1.165, 1.54) is 0 Å². The van der Waals surface area contributed by atoms with Gasteiger partial charge in [-0.25, -0.2) is 0 Å². The molecule has 0 fully saturated rings. The number of hydrogen-bond acceptors (Lipinski definition) is 6. The molecular formula is C11H9ClN4O2. The first kappa shape index (κ1) is 11.0. The molecule has 0 spiro atoms. The molecule has 2 heterocycles. The van der Waals surface area contributed by atoms with E-state index in [-0.39, 0.29) is 11.2 Å². The molecule has 0 aliphatic carbocycles. The van der Waals surface area contributed by atoms with Gasteiger partial charge in [0.25, 0.3) is 0 Å². The lowest BCUT2D eigenvalue weighted by molar-refractivity contribution is 0.171. The first-order chi connectivity index (χ1) is 8.72. The zero-order chi connectivity index (χ0) is 12.5. The van der Waals surface area contributed by atoms with Crippen LogP contribution in [0, 0.1) is 0 Å². The van der Waals surface area contributed by atoms with Gasteiger partial charge in [0.1, 0.15) is 13.2 Å². The third kappa shape index (κ3) is 2.02. The van der Waals surface area contributed by atoms with Crippen molar-refractivity contribution < 1.29 is 9.47 Å². The van der Waals surface area contributed by atoms with E-state index in [0.717, 1.165) is 5.56 Å². The zero-order valence-electron chi connectivity index (χ0n) is 9.26. The molecule has 0 saturated carbocycles. The van der Waals surface area contributed by atoms with Crippen LogP contribution >= 0.6 is 11.6 Å². The number of hydrogen-bond donors (Lipinski definition) is 1. The first-order valence-corrected chi connectivity index (χ1v) is 5.67. The minimum atomic E-state index is 0.0624. The third-order valence-corrected chi connectivity index (χ3v) is 2.59. The minimum absolute atomic E-state index is 0.0624. The molecule has 1 aromatic carbocycles. The fraction of sp³-hybridized carbons (Fsp3) is 0.182. The van der Waals surface area contributed by atoms with Crippen LogP contribution in [0.15, 0.2) is 18.2 Å². The highest BCUT2D eigenvalue weighted by Gasteiger charge is 2.14.